The second-order valence-corrected chi connectivity index (χ2v) is 5.19. The summed E-state index contributed by atoms with van der Waals surface area (Å²) in [5.74, 6) is -1.08. The molecular formula is C16H25N2O3+. The third-order valence-electron chi connectivity index (χ3n) is 3.28. The number of carboxylic acid groups (broad SMARTS) is 1. The van der Waals surface area contributed by atoms with Crippen LogP contribution in [0.3, 0.4) is 0 Å². The number of aromatic carboxylic acids is 1. The molecule has 116 valence electrons. The van der Waals surface area contributed by atoms with Gasteiger partial charge in [0.1, 0.15) is 5.56 Å². The summed E-state index contributed by atoms with van der Waals surface area (Å²) in [7, 11) is 0. The Labute approximate surface area is 126 Å². The highest BCUT2D eigenvalue weighted by Gasteiger charge is 2.12. The first-order valence-electron chi connectivity index (χ1n) is 7.62. The van der Waals surface area contributed by atoms with Crippen LogP contribution in [0.4, 0.5) is 0 Å². The lowest BCUT2D eigenvalue weighted by molar-refractivity contribution is -0.684. The van der Waals surface area contributed by atoms with Crippen molar-refractivity contribution in [1.29, 1.82) is 0 Å². The summed E-state index contributed by atoms with van der Waals surface area (Å²) in [6, 6.07) is 3.14. The van der Waals surface area contributed by atoms with Crippen molar-refractivity contribution in [3.8, 4) is 0 Å². The van der Waals surface area contributed by atoms with Crippen LogP contribution in [0.25, 0.3) is 0 Å². The molecule has 0 unspecified atom stereocenters. The standard InChI is InChI=1S/C16H24N2O3/c1-2-3-4-5-6-7-10-17-15(19)13-18-11-8-9-14(12-18)16(20)21/h8-9,11-12H,2-7,10,13H2,1H3,(H-,17,19,20,21)/p+1. The fourth-order valence-corrected chi connectivity index (χ4v) is 2.10. The van der Waals surface area contributed by atoms with Crippen molar-refractivity contribution < 1.29 is 19.3 Å². The maximum Gasteiger partial charge on any atom is 0.341 e. The van der Waals surface area contributed by atoms with Gasteiger partial charge in [0.15, 0.2) is 12.4 Å². The van der Waals surface area contributed by atoms with Gasteiger partial charge in [-0.15, -0.1) is 0 Å². The molecule has 0 fully saturated rings. The van der Waals surface area contributed by atoms with Crippen LogP contribution in [0.1, 0.15) is 55.8 Å². The Kier molecular flexibility index (Phi) is 8.09. The van der Waals surface area contributed by atoms with Gasteiger partial charge >= 0.3 is 5.97 Å². The van der Waals surface area contributed by atoms with E-state index in [0.717, 1.165) is 12.8 Å². The van der Waals surface area contributed by atoms with Crippen molar-refractivity contribution >= 4 is 11.9 Å². The van der Waals surface area contributed by atoms with E-state index in [9.17, 15) is 9.59 Å². The molecule has 1 heterocycles. The lowest BCUT2D eigenvalue weighted by Crippen LogP contribution is -2.43. The number of hydrogen-bond acceptors (Lipinski definition) is 2. The molecule has 1 rings (SSSR count). The molecule has 0 atom stereocenters. The number of pyridine rings is 1. The predicted octanol–water partition coefficient (Wildman–Crippen LogP) is 2.15. The van der Waals surface area contributed by atoms with E-state index in [-0.39, 0.29) is 18.0 Å². The number of hydrogen-bond donors (Lipinski definition) is 2. The van der Waals surface area contributed by atoms with Gasteiger partial charge in [0.2, 0.25) is 6.54 Å². The van der Waals surface area contributed by atoms with Crippen LogP contribution in [0, 0.1) is 0 Å². The second-order valence-electron chi connectivity index (χ2n) is 5.19. The Bertz CT molecular complexity index is 461. The Morgan fingerprint density at radius 2 is 1.90 bits per heavy atom. The van der Waals surface area contributed by atoms with Gasteiger partial charge in [-0.2, -0.15) is 4.57 Å². The molecule has 0 bridgehead atoms. The van der Waals surface area contributed by atoms with Gasteiger partial charge in [0.25, 0.3) is 5.91 Å². The number of rotatable bonds is 10. The maximum atomic E-state index is 11.7. The molecule has 0 spiro atoms. The van der Waals surface area contributed by atoms with E-state index in [1.165, 1.54) is 37.9 Å². The summed E-state index contributed by atoms with van der Waals surface area (Å²) in [4.78, 5) is 22.6. The summed E-state index contributed by atoms with van der Waals surface area (Å²) in [6.07, 6.45) is 10.3. The zero-order chi connectivity index (χ0) is 15.5. The smallest absolute Gasteiger partial charge is 0.341 e. The fraction of sp³-hybridized carbons (Fsp3) is 0.562. The maximum absolute atomic E-state index is 11.7. The molecule has 1 amide bonds. The molecule has 1 aromatic rings. The van der Waals surface area contributed by atoms with Crippen LogP contribution in [-0.4, -0.2) is 23.5 Å². The number of nitrogens with zero attached hydrogens (tertiary/aromatic N) is 1. The summed E-state index contributed by atoms with van der Waals surface area (Å²) >= 11 is 0. The van der Waals surface area contributed by atoms with Gasteiger partial charge in [0, 0.05) is 12.6 Å². The quantitative estimate of drug-likeness (QED) is 0.513. The largest absolute Gasteiger partial charge is 0.477 e. The molecule has 1 aromatic heterocycles. The zero-order valence-electron chi connectivity index (χ0n) is 12.7. The van der Waals surface area contributed by atoms with E-state index < -0.39 is 5.97 Å². The lowest BCUT2D eigenvalue weighted by Gasteiger charge is -2.03. The third-order valence-corrected chi connectivity index (χ3v) is 3.28. The molecule has 5 nitrogen and oxygen atoms in total. The van der Waals surface area contributed by atoms with Crippen molar-refractivity contribution in [3.05, 3.63) is 30.1 Å². The number of carbonyl (C=O) groups is 2. The topological polar surface area (TPSA) is 70.3 Å². The van der Waals surface area contributed by atoms with Crippen LogP contribution in [0.2, 0.25) is 0 Å². The Hall–Kier alpha value is -1.91. The van der Waals surface area contributed by atoms with Gasteiger partial charge in [-0.25, -0.2) is 4.79 Å². The highest BCUT2D eigenvalue weighted by Crippen LogP contribution is 2.03. The minimum absolute atomic E-state index is 0.0869. The van der Waals surface area contributed by atoms with E-state index in [1.807, 2.05) is 0 Å². The van der Waals surface area contributed by atoms with Crippen LogP contribution in [0.5, 0.6) is 0 Å². The molecule has 0 aromatic carbocycles. The van der Waals surface area contributed by atoms with Crippen LogP contribution < -0.4 is 9.88 Å². The van der Waals surface area contributed by atoms with Gasteiger partial charge in [-0.3, -0.25) is 4.79 Å². The lowest BCUT2D eigenvalue weighted by atomic mass is 10.1. The van der Waals surface area contributed by atoms with Crippen molar-refractivity contribution in [2.75, 3.05) is 6.54 Å². The highest BCUT2D eigenvalue weighted by molar-refractivity contribution is 5.86. The predicted molar refractivity (Wildman–Crippen MR) is 80.0 cm³/mol. The first-order chi connectivity index (χ1) is 10.1. The Morgan fingerprint density at radius 1 is 1.19 bits per heavy atom. The average Bonchev–Trinajstić information content (AvgIpc) is 2.46. The Morgan fingerprint density at radius 3 is 2.62 bits per heavy atom. The molecular weight excluding hydrogens is 268 g/mol. The molecule has 0 radical (unpaired) electrons. The van der Waals surface area contributed by atoms with Crippen molar-refractivity contribution in [2.45, 2.75) is 52.0 Å². The fourth-order valence-electron chi connectivity index (χ4n) is 2.10. The van der Waals surface area contributed by atoms with Gasteiger partial charge < -0.3 is 10.4 Å². The number of carboxylic acids is 1. The van der Waals surface area contributed by atoms with E-state index in [1.54, 1.807) is 16.8 Å². The number of aromatic nitrogens is 1. The van der Waals surface area contributed by atoms with Crippen molar-refractivity contribution in [2.24, 2.45) is 0 Å². The molecule has 2 N–H and O–H groups in total. The Balaban J connectivity index is 2.21. The average molecular weight is 293 g/mol. The SMILES string of the molecule is CCCCCCCCNC(=O)C[n+]1cccc(C(=O)O)c1. The van der Waals surface area contributed by atoms with Crippen LogP contribution in [-0.2, 0) is 11.3 Å². The number of amides is 1. The summed E-state index contributed by atoms with van der Waals surface area (Å²) in [5.41, 5.74) is 0.182. The molecule has 21 heavy (non-hydrogen) atoms. The number of nitrogens with one attached hydrogen (secondary N) is 1. The molecule has 5 heteroatoms. The molecule has 0 aliphatic rings. The molecule has 0 saturated heterocycles. The second kappa shape index (κ2) is 9.91. The minimum atomic E-state index is -0.989. The first-order valence-corrected chi connectivity index (χ1v) is 7.62. The van der Waals surface area contributed by atoms with E-state index in [2.05, 4.69) is 12.2 Å². The summed E-state index contributed by atoms with van der Waals surface area (Å²) < 4.78 is 1.58. The van der Waals surface area contributed by atoms with Crippen molar-refractivity contribution in [1.82, 2.24) is 5.32 Å². The summed E-state index contributed by atoms with van der Waals surface area (Å²) in [6.45, 7) is 3.03. The zero-order valence-corrected chi connectivity index (χ0v) is 12.7. The van der Waals surface area contributed by atoms with Gasteiger partial charge in [-0.05, 0) is 12.5 Å². The van der Waals surface area contributed by atoms with E-state index in [4.69, 9.17) is 5.11 Å². The molecule has 0 aliphatic heterocycles. The molecule has 0 saturated carbocycles. The normalized spacial score (nSPS) is 10.3. The van der Waals surface area contributed by atoms with Gasteiger partial charge in [0.05, 0.1) is 0 Å². The van der Waals surface area contributed by atoms with Crippen molar-refractivity contribution in [3.63, 3.8) is 0 Å². The highest BCUT2D eigenvalue weighted by atomic mass is 16.4. The van der Waals surface area contributed by atoms with E-state index >= 15 is 0 Å². The number of unbranched alkanes of at least 4 members (excludes halogenated alkanes) is 5. The first kappa shape index (κ1) is 17.1. The monoisotopic (exact) mass is 293 g/mol. The van der Waals surface area contributed by atoms with Gasteiger partial charge in [-0.1, -0.05) is 39.0 Å². The van der Waals surface area contributed by atoms with Crippen LogP contribution >= 0.6 is 0 Å². The van der Waals surface area contributed by atoms with E-state index in [0.29, 0.717) is 6.54 Å². The van der Waals surface area contributed by atoms with Crippen LogP contribution in [0.15, 0.2) is 24.5 Å². The summed E-state index contributed by atoms with van der Waals surface area (Å²) in [5, 5.41) is 11.8. The third kappa shape index (κ3) is 7.44. The minimum Gasteiger partial charge on any atom is -0.477 e. The number of carbonyl (C=O) groups excluding carboxylic acids is 1. The molecule has 0 aliphatic carbocycles.